The molecule has 3 N–H and O–H groups in total. The highest BCUT2D eigenvalue weighted by atomic mass is 16.5. The van der Waals surface area contributed by atoms with Crippen LogP contribution in [0.3, 0.4) is 0 Å². The van der Waals surface area contributed by atoms with Crippen molar-refractivity contribution in [1.82, 2.24) is 0 Å². The second kappa shape index (κ2) is 3.50. The first kappa shape index (κ1) is 9.34. The van der Waals surface area contributed by atoms with Crippen LogP contribution in [0, 0.1) is 5.92 Å². The quantitative estimate of drug-likeness (QED) is 0.719. The molecular weight excluding hydrogens is 178 g/mol. The van der Waals surface area contributed by atoms with Gasteiger partial charge in [0, 0.05) is 11.3 Å². The third kappa shape index (κ3) is 1.68. The van der Waals surface area contributed by atoms with Gasteiger partial charge >= 0.3 is 0 Å². The molecule has 0 amide bonds. The Morgan fingerprint density at radius 2 is 2.21 bits per heavy atom. The van der Waals surface area contributed by atoms with Crippen LogP contribution in [-0.4, -0.2) is 12.2 Å². The molecule has 0 bridgehead atoms. The Labute approximate surface area is 83.5 Å². The summed E-state index contributed by atoms with van der Waals surface area (Å²) in [5.74, 6) is 1.14. The first-order chi connectivity index (χ1) is 6.72. The Hall–Kier alpha value is -1.22. The van der Waals surface area contributed by atoms with Crippen molar-refractivity contribution in [1.29, 1.82) is 0 Å². The van der Waals surface area contributed by atoms with E-state index in [4.69, 9.17) is 10.5 Å². The molecule has 1 aromatic rings. The maximum atomic E-state index is 9.93. The summed E-state index contributed by atoms with van der Waals surface area (Å²) in [6, 6.07) is 5.40. The molecule has 3 heteroatoms. The Balaban J connectivity index is 2.29. The molecule has 0 saturated heterocycles. The Kier molecular flexibility index (Phi) is 2.33. The van der Waals surface area contributed by atoms with Gasteiger partial charge in [-0.05, 0) is 37.0 Å². The molecule has 0 spiro atoms. The van der Waals surface area contributed by atoms with Crippen molar-refractivity contribution < 1.29 is 9.84 Å². The Morgan fingerprint density at radius 3 is 2.79 bits per heavy atom. The highest BCUT2D eigenvalue weighted by molar-refractivity contribution is 5.52. The molecule has 3 nitrogen and oxygen atoms in total. The smallest absolute Gasteiger partial charge is 0.119 e. The molecule has 1 atom stereocenters. The monoisotopic (exact) mass is 193 g/mol. The van der Waals surface area contributed by atoms with Gasteiger partial charge in [-0.15, -0.1) is 0 Å². The minimum Gasteiger partial charge on any atom is -0.497 e. The van der Waals surface area contributed by atoms with Gasteiger partial charge in [0.05, 0.1) is 13.2 Å². The lowest BCUT2D eigenvalue weighted by Gasteiger charge is -2.13. The predicted octanol–water partition coefficient (Wildman–Crippen LogP) is 1.72. The molecule has 1 aliphatic rings. The number of anilines is 1. The van der Waals surface area contributed by atoms with E-state index >= 15 is 0 Å². The molecule has 0 aliphatic heterocycles. The number of nitrogen functional groups attached to an aromatic ring is 1. The van der Waals surface area contributed by atoms with Crippen molar-refractivity contribution in [2.45, 2.75) is 18.9 Å². The average Bonchev–Trinajstić information content (AvgIpc) is 3.01. The van der Waals surface area contributed by atoms with Gasteiger partial charge in [0.25, 0.3) is 0 Å². The number of ether oxygens (including phenoxy) is 1. The molecule has 1 aromatic carbocycles. The third-order valence-electron chi connectivity index (χ3n) is 2.68. The minimum absolute atomic E-state index is 0.393. The van der Waals surface area contributed by atoms with Gasteiger partial charge in [-0.2, -0.15) is 0 Å². The predicted molar refractivity (Wildman–Crippen MR) is 55.1 cm³/mol. The third-order valence-corrected chi connectivity index (χ3v) is 2.68. The van der Waals surface area contributed by atoms with E-state index in [1.54, 1.807) is 19.2 Å². The zero-order chi connectivity index (χ0) is 10.1. The molecule has 1 fully saturated rings. The van der Waals surface area contributed by atoms with Crippen molar-refractivity contribution in [3.8, 4) is 5.75 Å². The van der Waals surface area contributed by atoms with Crippen LogP contribution in [0.4, 0.5) is 5.69 Å². The van der Waals surface area contributed by atoms with E-state index < -0.39 is 6.10 Å². The molecule has 76 valence electrons. The van der Waals surface area contributed by atoms with E-state index in [1.807, 2.05) is 6.07 Å². The highest BCUT2D eigenvalue weighted by Gasteiger charge is 2.31. The van der Waals surface area contributed by atoms with Gasteiger partial charge in [0.15, 0.2) is 0 Å². The lowest BCUT2D eigenvalue weighted by atomic mass is 10.0. The first-order valence-corrected chi connectivity index (χ1v) is 4.84. The number of nitrogens with two attached hydrogens (primary N) is 1. The van der Waals surface area contributed by atoms with Gasteiger partial charge in [0.1, 0.15) is 5.75 Å². The van der Waals surface area contributed by atoms with E-state index in [1.165, 1.54) is 0 Å². The summed E-state index contributed by atoms with van der Waals surface area (Å²) in [5, 5.41) is 9.93. The molecule has 2 rings (SSSR count). The number of rotatable bonds is 3. The molecule has 14 heavy (non-hydrogen) atoms. The maximum absolute atomic E-state index is 9.93. The van der Waals surface area contributed by atoms with Crippen LogP contribution in [0.2, 0.25) is 0 Å². The molecule has 0 radical (unpaired) electrons. The van der Waals surface area contributed by atoms with E-state index in [9.17, 15) is 5.11 Å². The van der Waals surface area contributed by atoms with Crippen LogP contribution >= 0.6 is 0 Å². The second-order valence-corrected chi connectivity index (χ2v) is 3.78. The first-order valence-electron chi connectivity index (χ1n) is 4.84. The van der Waals surface area contributed by atoms with Crippen molar-refractivity contribution in [3.05, 3.63) is 23.8 Å². The zero-order valence-electron chi connectivity index (χ0n) is 8.23. The number of aliphatic hydroxyl groups excluding tert-OH is 1. The number of hydrogen-bond donors (Lipinski definition) is 2. The van der Waals surface area contributed by atoms with Crippen LogP contribution in [0.15, 0.2) is 18.2 Å². The molecule has 0 aromatic heterocycles. The normalized spacial score (nSPS) is 17.9. The fraction of sp³-hybridized carbons (Fsp3) is 0.455. The van der Waals surface area contributed by atoms with Gasteiger partial charge in [0.2, 0.25) is 0 Å². The van der Waals surface area contributed by atoms with Crippen LogP contribution in [0.1, 0.15) is 24.5 Å². The van der Waals surface area contributed by atoms with E-state index in [0.717, 1.165) is 24.2 Å². The van der Waals surface area contributed by atoms with E-state index in [-0.39, 0.29) is 0 Å². The summed E-state index contributed by atoms with van der Waals surface area (Å²) < 4.78 is 5.09. The number of methoxy groups -OCH3 is 1. The van der Waals surface area contributed by atoms with Crippen LogP contribution in [0.25, 0.3) is 0 Å². The number of aliphatic hydroxyl groups is 1. The minimum atomic E-state index is -0.426. The summed E-state index contributed by atoms with van der Waals surface area (Å²) in [5.41, 5.74) is 7.24. The fourth-order valence-electron chi connectivity index (χ4n) is 1.60. The number of benzene rings is 1. The van der Waals surface area contributed by atoms with E-state index in [2.05, 4.69) is 0 Å². The molecule has 1 saturated carbocycles. The van der Waals surface area contributed by atoms with Crippen molar-refractivity contribution in [2.75, 3.05) is 12.8 Å². The average molecular weight is 193 g/mol. The fourth-order valence-corrected chi connectivity index (χ4v) is 1.60. The zero-order valence-corrected chi connectivity index (χ0v) is 8.23. The standard InChI is InChI=1S/C11H15NO2/c1-14-8-4-5-10(12)9(6-8)11(13)7-2-3-7/h4-7,11,13H,2-3,12H2,1H3. The van der Waals surface area contributed by atoms with Gasteiger partial charge < -0.3 is 15.6 Å². The Morgan fingerprint density at radius 1 is 1.50 bits per heavy atom. The van der Waals surface area contributed by atoms with Crippen molar-refractivity contribution in [3.63, 3.8) is 0 Å². The second-order valence-electron chi connectivity index (χ2n) is 3.78. The Bertz CT molecular complexity index is 334. The summed E-state index contributed by atoms with van der Waals surface area (Å²) in [6.45, 7) is 0. The number of hydrogen-bond acceptors (Lipinski definition) is 3. The lowest BCUT2D eigenvalue weighted by molar-refractivity contribution is 0.154. The molecule has 0 heterocycles. The molecule has 1 aliphatic carbocycles. The van der Waals surface area contributed by atoms with Gasteiger partial charge in [-0.3, -0.25) is 0 Å². The van der Waals surface area contributed by atoms with Crippen LogP contribution in [0.5, 0.6) is 5.75 Å². The largest absolute Gasteiger partial charge is 0.497 e. The van der Waals surface area contributed by atoms with Crippen LogP contribution in [-0.2, 0) is 0 Å². The van der Waals surface area contributed by atoms with Crippen molar-refractivity contribution >= 4 is 5.69 Å². The van der Waals surface area contributed by atoms with Crippen molar-refractivity contribution in [2.24, 2.45) is 5.92 Å². The molecule has 1 unspecified atom stereocenters. The summed E-state index contributed by atoms with van der Waals surface area (Å²) >= 11 is 0. The summed E-state index contributed by atoms with van der Waals surface area (Å²) in [4.78, 5) is 0. The topological polar surface area (TPSA) is 55.5 Å². The maximum Gasteiger partial charge on any atom is 0.119 e. The van der Waals surface area contributed by atoms with E-state index in [0.29, 0.717) is 11.6 Å². The van der Waals surface area contributed by atoms with Gasteiger partial charge in [-0.25, -0.2) is 0 Å². The van der Waals surface area contributed by atoms with Crippen LogP contribution < -0.4 is 10.5 Å². The summed E-state index contributed by atoms with van der Waals surface area (Å²) in [6.07, 6.45) is 1.76. The SMILES string of the molecule is COc1ccc(N)c(C(O)C2CC2)c1. The highest BCUT2D eigenvalue weighted by Crippen LogP contribution is 2.43. The molecular formula is C11H15NO2. The van der Waals surface area contributed by atoms with Gasteiger partial charge in [-0.1, -0.05) is 0 Å². The lowest BCUT2D eigenvalue weighted by Crippen LogP contribution is -2.04. The summed E-state index contributed by atoms with van der Waals surface area (Å²) in [7, 11) is 1.61.